The number of hydrogen-bond donors (Lipinski definition) is 2. The number of halogens is 2. The van der Waals surface area contributed by atoms with Gasteiger partial charge < -0.3 is 5.32 Å². The van der Waals surface area contributed by atoms with Crippen molar-refractivity contribution in [2.75, 3.05) is 11.1 Å². The molecule has 0 bridgehead atoms. The van der Waals surface area contributed by atoms with Crippen molar-refractivity contribution < 1.29 is 4.79 Å². The Morgan fingerprint density at radius 2 is 2.24 bits per heavy atom. The summed E-state index contributed by atoms with van der Waals surface area (Å²) in [7, 11) is 0. The second kappa shape index (κ2) is 5.21. The molecule has 1 aromatic rings. The standard InChI is InChI=1S/C12H13BrClNOS/c13-8-1-2-9(14)10(5-8)15-11(16)6-12(7-17)3-4-12/h1-2,5,17H,3-4,6-7H2,(H,15,16). The zero-order valence-electron chi connectivity index (χ0n) is 9.17. The van der Waals surface area contributed by atoms with Gasteiger partial charge in [0.05, 0.1) is 10.7 Å². The molecule has 0 aliphatic heterocycles. The van der Waals surface area contributed by atoms with Gasteiger partial charge in [-0.2, -0.15) is 12.6 Å². The van der Waals surface area contributed by atoms with E-state index in [2.05, 4.69) is 33.9 Å². The molecule has 17 heavy (non-hydrogen) atoms. The molecule has 92 valence electrons. The molecule has 1 aliphatic carbocycles. The maximum Gasteiger partial charge on any atom is 0.225 e. The highest BCUT2D eigenvalue weighted by atomic mass is 79.9. The Labute approximate surface area is 120 Å². The van der Waals surface area contributed by atoms with Crippen LogP contribution in [0.25, 0.3) is 0 Å². The van der Waals surface area contributed by atoms with Gasteiger partial charge in [-0.3, -0.25) is 4.79 Å². The second-order valence-corrected chi connectivity index (χ2v) is 6.15. The Kier molecular flexibility index (Phi) is 4.06. The van der Waals surface area contributed by atoms with E-state index in [1.54, 1.807) is 12.1 Å². The summed E-state index contributed by atoms with van der Waals surface area (Å²) in [6, 6.07) is 5.40. The summed E-state index contributed by atoms with van der Waals surface area (Å²) >= 11 is 13.6. The van der Waals surface area contributed by atoms with Crippen LogP contribution in [-0.2, 0) is 4.79 Å². The molecule has 1 saturated carbocycles. The van der Waals surface area contributed by atoms with Gasteiger partial charge in [0.15, 0.2) is 0 Å². The molecule has 0 spiro atoms. The van der Waals surface area contributed by atoms with Gasteiger partial charge in [-0.05, 0) is 42.2 Å². The third-order valence-corrected chi connectivity index (χ3v) is 4.52. The van der Waals surface area contributed by atoms with Crippen molar-refractivity contribution in [3.8, 4) is 0 Å². The van der Waals surface area contributed by atoms with Gasteiger partial charge in [0.25, 0.3) is 0 Å². The third-order valence-electron chi connectivity index (χ3n) is 3.03. The smallest absolute Gasteiger partial charge is 0.225 e. The maximum atomic E-state index is 11.9. The number of benzene rings is 1. The van der Waals surface area contributed by atoms with Gasteiger partial charge in [-0.25, -0.2) is 0 Å². The fourth-order valence-electron chi connectivity index (χ4n) is 1.70. The van der Waals surface area contributed by atoms with Gasteiger partial charge in [0.2, 0.25) is 5.91 Å². The molecule has 0 heterocycles. The Morgan fingerprint density at radius 1 is 1.53 bits per heavy atom. The monoisotopic (exact) mass is 333 g/mol. The van der Waals surface area contributed by atoms with Gasteiger partial charge in [-0.15, -0.1) is 0 Å². The summed E-state index contributed by atoms with van der Waals surface area (Å²) in [5.41, 5.74) is 0.784. The number of rotatable bonds is 4. The topological polar surface area (TPSA) is 29.1 Å². The minimum atomic E-state index is 0.0107. The van der Waals surface area contributed by atoms with Crippen molar-refractivity contribution in [1.82, 2.24) is 0 Å². The van der Waals surface area contributed by atoms with E-state index in [4.69, 9.17) is 11.6 Å². The fourth-order valence-corrected chi connectivity index (χ4v) is 2.65. The molecule has 0 unspecified atom stereocenters. The molecule has 1 amide bonds. The van der Waals surface area contributed by atoms with Crippen molar-refractivity contribution in [2.24, 2.45) is 5.41 Å². The zero-order chi connectivity index (χ0) is 12.5. The summed E-state index contributed by atoms with van der Waals surface area (Å²) in [4.78, 5) is 11.9. The molecule has 2 nitrogen and oxygen atoms in total. The van der Waals surface area contributed by atoms with Crippen LogP contribution in [0.1, 0.15) is 19.3 Å². The van der Waals surface area contributed by atoms with E-state index in [0.29, 0.717) is 17.1 Å². The minimum absolute atomic E-state index is 0.0107. The molecule has 1 aromatic carbocycles. The van der Waals surface area contributed by atoms with E-state index in [1.807, 2.05) is 6.07 Å². The average molecular weight is 335 g/mol. The Morgan fingerprint density at radius 3 is 2.82 bits per heavy atom. The molecule has 0 radical (unpaired) electrons. The Hall–Kier alpha value is -0.190. The lowest BCUT2D eigenvalue weighted by atomic mass is 10.1. The van der Waals surface area contributed by atoms with Crippen LogP contribution in [0.15, 0.2) is 22.7 Å². The number of carbonyl (C=O) groups excluding carboxylic acids is 1. The highest BCUT2D eigenvalue weighted by molar-refractivity contribution is 9.10. The molecule has 1 N–H and O–H groups in total. The number of nitrogens with one attached hydrogen (secondary N) is 1. The predicted octanol–water partition coefficient (Wildman–Crippen LogP) is 4.14. The van der Waals surface area contributed by atoms with Crippen molar-refractivity contribution in [1.29, 1.82) is 0 Å². The van der Waals surface area contributed by atoms with Crippen LogP contribution < -0.4 is 5.32 Å². The fraction of sp³-hybridized carbons (Fsp3) is 0.417. The SMILES string of the molecule is O=C(CC1(CS)CC1)Nc1cc(Br)ccc1Cl. The van der Waals surface area contributed by atoms with Gasteiger partial charge in [0.1, 0.15) is 0 Å². The summed E-state index contributed by atoms with van der Waals surface area (Å²) in [5, 5.41) is 3.40. The van der Waals surface area contributed by atoms with Crippen LogP contribution in [-0.4, -0.2) is 11.7 Å². The molecule has 1 aliphatic rings. The van der Waals surface area contributed by atoms with E-state index in [-0.39, 0.29) is 11.3 Å². The molecule has 2 rings (SSSR count). The largest absolute Gasteiger partial charge is 0.325 e. The first-order valence-electron chi connectivity index (χ1n) is 5.40. The van der Waals surface area contributed by atoms with E-state index < -0.39 is 0 Å². The number of amides is 1. The second-order valence-electron chi connectivity index (χ2n) is 4.51. The van der Waals surface area contributed by atoms with E-state index in [9.17, 15) is 4.79 Å². The van der Waals surface area contributed by atoms with Crippen LogP contribution in [0, 0.1) is 5.41 Å². The van der Waals surface area contributed by atoms with Crippen LogP contribution >= 0.6 is 40.2 Å². The number of anilines is 1. The highest BCUT2D eigenvalue weighted by Gasteiger charge is 2.42. The minimum Gasteiger partial charge on any atom is -0.325 e. The van der Waals surface area contributed by atoms with Crippen molar-refractivity contribution in [2.45, 2.75) is 19.3 Å². The van der Waals surface area contributed by atoms with E-state index >= 15 is 0 Å². The zero-order valence-corrected chi connectivity index (χ0v) is 12.4. The quantitative estimate of drug-likeness (QED) is 0.796. The molecule has 5 heteroatoms. The maximum absolute atomic E-state index is 11.9. The van der Waals surface area contributed by atoms with Gasteiger partial charge >= 0.3 is 0 Å². The molecular formula is C12H13BrClNOS. The van der Waals surface area contributed by atoms with Gasteiger partial charge in [-0.1, -0.05) is 27.5 Å². The molecule has 1 fully saturated rings. The van der Waals surface area contributed by atoms with Crippen LogP contribution in [0.3, 0.4) is 0 Å². The average Bonchev–Trinajstić information content (AvgIpc) is 3.04. The molecule has 0 aromatic heterocycles. The Balaban J connectivity index is 2.00. The first kappa shape index (κ1) is 13.2. The molecular weight excluding hydrogens is 322 g/mol. The lowest BCUT2D eigenvalue weighted by molar-refractivity contribution is -0.117. The van der Waals surface area contributed by atoms with Crippen LogP contribution in [0.4, 0.5) is 5.69 Å². The molecule has 0 atom stereocenters. The number of hydrogen-bond acceptors (Lipinski definition) is 2. The summed E-state index contributed by atoms with van der Waals surface area (Å²) in [6.07, 6.45) is 2.71. The summed E-state index contributed by atoms with van der Waals surface area (Å²) in [6.45, 7) is 0. The highest BCUT2D eigenvalue weighted by Crippen LogP contribution is 2.49. The number of thiol groups is 1. The third kappa shape index (κ3) is 3.39. The van der Waals surface area contributed by atoms with E-state index in [0.717, 1.165) is 23.1 Å². The van der Waals surface area contributed by atoms with Gasteiger partial charge in [0, 0.05) is 10.9 Å². The summed E-state index contributed by atoms with van der Waals surface area (Å²) in [5.74, 6) is 0.781. The lowest BCUT2D eigenvalue weighted by Crippen LogP contribution is -2.18. The van der Waals surface area contributed by atoms with Crippen molar-refractivity contribution >= 4 is 51.8 Å². The van der Waals surface area contributed by atoms with Crippen LogP contribution in [0.5, 0.6) is 0 Å². The Bertz CT molecular complexity index is 448. The lowest BCUT2D eigenvalue weighted by Gasteiger charge is -2.12. The van der Waals surface area contributed by atoms with Crippen molar-refractivity contribution in [3.05, 3.63) is 27.7 Å². The predicted molar refractivity (Wildman–Crippen MR) is 77.9 cm³/mol. The normalized spacial score (nSPS) is 16.6. The number of carbonyl (C=O) groups is 1. The molecule has 0 saturated heterocycles. The van der Waals surface area contributed by atoms with E-state index in [1.165, 1.54) is 0 Å². The first-order chi connectivity index (χ1) is 8.04. The van der Waals surface area contributed by atoms with Crippen molar-refractivity contribution in [3.63, 3.8) is 0 Å². The van der Waals surface area contributed by atoms with Crippen LogP contribution in [0.2, 0.25) is 5.02 Å². The summed E-state index contributed by atoms with van der Waals surface area (Å²) < 4.78 is 0.896. The first-order valence-corrected chi connectivity index (χ1v) is 7.21.